The minimum absolute atomic E-state index is 0.672. The van der Waals surface area contributed by atoms with Crippen LogP contribution in [0.5, 0.6) is 0 Å². The summed E-state index contributed by atoms with van der Waals surface area (Å²) >= 11 is 0. The van der Waals surface area contributed by atoms with Gasteiger partial charge in [0.15, 0.2) is 5.82 Å². The molecule has 0 aliphatic carbocycles. The lowest BCUT2D eigenvalue weighted by Crippen LogP contribution is -1.94. The van der Waals surface area contributed by atoms with Crippen LogP contribution < -0.4 is 5.32 Å². The lowest BCUT2D eigenvalue weighted by molar-refractivity contribution is 0.941. The van der Waals surface area contributed by atoms with Crippen molar-refractivity contribution < 1.29 is 0 Å². The van der Waals surface area contributed by atoms with Gasteiger partial charge in [-0.05, 0) is 24.1 Å². The molecular weight excluding hydrogens is 178 g/mol. The van der Waals surface area contributed by atoms with Crippen LogP contribution in [0.25, 0.3) is 0 Å². The number of rotatable bonds is 3. The predicted molar refractivity (Wildman–Crippen MR) is 53.3 cm³/mol. The SMILES string of the molecule is CCc1ccnc(Nc2cn[nH]n2)c1. The highest BCUT2D eigenvalue weighted by molar-refractivity contribution is 5.50. The smallest absolute Gasteiger partial charge is 0.173 e. The highest BCUT2D eigenvalue weighted by Gasteiger charge is 1.98. The van der Waals surface area contributed by atoms with Gasteiger partial charge in [0, 0.05) is 6.20 Å². The van der Waals surface area contributed by atoms with E-state index >= 15 is 0 Å². The summed E-state index contributed by atoms with van der Waals surface area (Å²) in [6, 6.07) is 3.99. The third kappa shape index (κ3) is 1.87. The van der Waals surface area contributed by atoms with Gasteiger partial charge in [-0.1, -0.05) is 6.92 Å². The van der Waals surface area contributed by atoms with E-state index in [4.69, 9.17) is 0 Å². The number of anilines is 2. The molecule has 0 radical (unpaired) electrons. The third-order valence-electron chi connectivity index (χ3n) is 1.90. The van der Waals surface area contributed by atoms with Gasteiger partial charge in [0.05, 0.1) is 6.20 Å². The predicted octanol–water partition coefficient (Wildman–Crippen LogP) is 1.51. The van der Waals surface area contributed by atoms with E-state index < -0.39 is 0 Å². The van der Waals surface area contributed by atoms with Crippen molar-refractivity contribution in [3.8, 4) is 0 Å². The van der Waals surface area contributed by atoms with Crippen LogP contribution in [0, 0.1) is 0 Å². The molecule has 2 rings (SSSR count). The molecule has 72 valence electrons. The average Bonchev–Trinajstić information content (AvgIpc) is 2.71. The Labute approximate surface area is 81.6 Å². The second kappa shape index (κ2) is 3.87. The number of aromatic amines is 1. The summed E-state index contributed by atoms with van der Waals surface area (Å²) in [6.45, 7) is 2.11. The maximum absolute atomic E-state index is 4.17. The zero-order valence-electron chi connectivity index (χ0n) is 7.86. The fourth-order valence-corrected chi connectivity index (χ4v) is 1.16. The van der Waals surface area contributed by atoms with Crippen LogP contribution in [0.15, 0.2) is 24.5 Å². The zero-order valence-corrected chi connectivity index (χ0v) is 7.86. The largest absolute Gasteiger partial charge is 0.322 e. The van der Waals surface area contributed by atoms with Gasteiger partial charge in [-0.15, -0.1) is 5.10 Å². The lowest BCUT2D eigenvalue weighted by Gasteiger charge is -2.02. The molecule has 0 aliphatic heterocycles. The minimum atomic E-state index is 0.672. The summed E-state index contributed by atoms with van der Waals surface area (Å²) in [5.41, 5.74) is 1.24. The topological polar surface area (TPSA) is 66.5 Å². The number of nitrogens with zero attached hydrogens (tertiary/aromatic N) is 3. The number of hydrogen-bond donors (Lipinski definition) is 2. The molecule has 0 saturated carbocycles. The van der Waals surface area contributed by atoms with Crippen LogP contribution in [0.2, 0.25) is 0 Å². The third-order valence-corrected chi connectivity index (χ3v) is 1.90. The molecule has 2 N–H and O–H groups in total. The lowest BCUT2D eigenvalue weighted by atomic mass is 10.2. The molecule has 0 spiro atoms. The highest BCUT2D eigenvalue weighted by atomic mass is 15.4. The number of nitrogens with one attached hydrogen (secondary N) is 2. The van der Waals surface area contributed by atoms with Crippen molar-refractivity contribution in [2.45, 2.75) is 13.3 Å². The quantitative estimate of drug-likeness (QED) is 0.768. The van der Waals surface area contributed by atoms with Crippen molar-refractivity contribution in [2.24, 2.45) is 0 Å². The van der Waals surface area contributed by atoms with E-state index in [9.17, 15) is 0 Å². The van der Waals surface area contributed by atoms with Gasteiger partial charge in [0.1, 0.15) is 5.82 Å². The Morgan fingerprint density at radius 3 is 3.07 bits per heavy atom. The molecule has 14 heavy (non-hydrogen) atoms. The van der Waals surface area contributed by atoms with Gasteiger partial charge < -0.3 is 5.32 Å². The first-order valence-electron chi connectivity index (χ1n) is 4.46. The monoisotopic (exact) mass is 189 g/mol. The summed E-state index contributed by atoms with van der Waals surface area (Å²) in [7, 11) is 0. The van der Waals surface area contributed by atoms with Crippen molar-refractivity contribution in [2.75, 3.05) is 5.32 Å². The highest BCUT2D eigenvalue weighted by Crippen LogP contribution is 2.11. The van der Waals surface area contributed by atoms with Gasteiger partial charge in [0.2, 0.25) is 0 Å². The number of aryl methyl sites for hydroxylation is 1. The normalized spacial score (nSPS) is 10.1. The van der Waals surface area contributed by atoms with E-state index in [1.54, 1.807) is 12.4 Å². The Morgan fingerprint density at radius 2 is 2.36 bits per heavy atom. The van der Waals surface area contributed by atoms with E-state index in [1.807, 2.05) is 12.1 Å². The second-order valence-corrected chi connectivity index (χ2v) is 2.88. The molecule has 5 heteroatoms. The number of hydrogen-bond acceptors (Lipinski definition) is 4. The Morgan fingerprint density at radius 1 is 1.43 bits per heavy atom. The van der Waals surface area contributed by atoms with Crippen molar-refractivity contribution >= 4 is 11.6 Å². The first-order chi connectivity index (χ1) is 6.88. The molecular formula is C9H11N5. The minimum Gasteiger partial charge on any atom is -0.322 e. The Balaban J connectivity index is 2.17. The van der Waals surface area contributed by atoms with Crippen LogP contribution in [0.3, 0.4) is 0 Å². The van der Waals surface area contributed by atoms with Gasteiger partial charge in [-0.2, -0.15) is 10.3 Å². The zero-order chi connectivity index (χ0) is 9.80. The standard InChI is InChI=1S/C9H11N5/c1-2-7-3-4-10-8(5-7)12-9-6-11-14-13-9/h3-6H,2H2,1H3,(H2,10,11,12,13,14). The molecule has 0 saturated heterocycles. The summed E-state index contributed by atoms with van der Waals surface area (Å²) in [6.07, 6.45) is 4.39. The molecule has 2 heterocycles. The van der Waals surface area contributed by atoms with Crippen LogP contribution in [0.4, 0.5) is 11.6 Å². The van der Waals surface area contributed by atoms with Crippen LogP contribution in [0.1, 0.15) is 12.5 Å². The summed E-state index contributed by atoms with van der Waals surface area (Å²) in [5, 5.41) is 13.1. The molecule has 2 aromatic rings. The molecule has 2 aromatic heterocycles. The van der Waals surface area contributed by atoms with Crippen molar-refractivity contribution in [3.05, 3.63) is 30.1 Å². The van der Waals surface area contributed by atoms with Gasteiger partial charge in [-0.25, -0.2) is 4.98 Å². The van der Waals surface area contributed by atoms with Gasteiger partial charge in [0.25, 0.3) is 0 Å². The molecule has 0 amide bonds. The number of H-pyrrole nitrogens is 1. The fourth-order valence-electron chi connectivity index (χ4n) is 1.16. The van der Waals surface area contributed by atoms with E-state index in [-0.39, 0.29) is 0 Å². The van der Waals surface area contributed by atoms with E-state index in [1.165, 1.54) is 5.56 Å². The van der Waals surface area contributed by atoms with E-state index in [2.05, 4.69) is 32.6 Å². The van der Waals surface area contributed by atoms with Crippen LogP contribution in [-0.2, 0) is 6.42 Å². The average molecular weight is 189 g/mol. The van der Waals surface area contributed by atoms with E-state index in [0.29, 0.717) is 5.82 Å². The van der Waals surface area contributed by atoms with Crippen LogP contribution >= 0.6 is 0 Å². The molecule has 0 aromatic carbocycles. The van der Waals surface area contributed by atoms with E-state index in [0.717, 1.165) is 12.2 Å². The molecule has 0 fully saturated rings. The van der Waals surface area contributed by atoms with Crippen molar-refractivity contribution in [1.82, 2.24) is 20.4 Å². The van der Waals surface area contributed by atoms with Crippen molar-refractivity contribution in [3.63, 3.8) is 0 Å². The molecule has 0 unspecified atom stereocenters. The van der Waals surface area contributed by atoms with Gasteiger partial charge in [-0.3, -0.25) is 0 Å². The van der Waals surface area contributed by atoms with Crippen LogP contribution in [-0.4, -0.2) is 20.4 Å². The Kier molecular flexibility index (Phi) is 2.40. The van der Waals surface area contributed by atoms with Gasteiger partial charge >= 0.3 is 0 Å². The molecule has 0 atom stereocenters. The molecule has 5 nitrogen and oxygen atoms in total. The van der Waals surface area contributed by atoms with Crippen molar-refractivity contribution in [1.29, 1.82) is 0 Å². The maximum atomic E-state index is 4.17. The number of aromatic nitrogens is 4. The number of pyridine rings is 1. The summed E-state index contributed by atoms with van der Waals surface area (Å²) in [5.74, 6) is 1.46. The second-order valence-electron chi connectivity index (χ2n) is 2.88. The first-order valence-corrected chi connectivity index (χ1v) is 4.46. The maximum Gasteiger partial charge on any atom is 0.173 e. The Bertz CT molecular complexity index is 395. The Hall–Kier alpha value is -1.91. The molecule has 0 aliphatic rings. The molecule has 0 bridgehead atoms. The summed E-state index contributed by atoms with van der Waals surface area (Å²) < 4.78 is 0. The summed E-state index contributed by atoms with van der Waals surface area (Å²) in [4.78, 5) is 4.17. The fraction of sp³-hybridized carbons (Fsp3) is 0.222. The first kappa shape index (κ1) is 8.68.